The molecule has 1 saturated heterocycles. The van der Waals surface area contributed by atoms with E-state index in [-0.39, 0.29) is 5.56 Å². The first kappa shape index (κ1) is 20.9. The molecule has 0 radical (unpaired) electrons. The first-order valence-electron chi connectivity index (χ1n) is 10.4. The van der Waals surface area contributed by atoms with Crippen LogP contribution >= 0.6 is 11.8 Å². The lowest BCUT2D eigenvalue weighted by molar-refractivity contribution is -0.908. The zero-order valence-corrected chi connectivity index (χ0v) is 18.1. The quantitative estimate of drug-likeness (QED) is 0.441. The minimum atomic E-state index is 0.0418. The molecular weight excluding hydrogens is 398 g/mol. The highest BCUT2D eigenvalue weighted by Gasteiger charge is 2.16. The monoisotopic (exact) mass is 426 g/mol. The van der Waals surface area contributed by atoms with Crippen LogP contribution in [-0.4, -0.2) is 49.5 Å². The van der Waals surface area contributed by atoms with Crippen LogP contribution in [0, 0.1) is 0 Å². The number of hydrogen-bond donors (Lipinski definition) is 1. The first-order valence-corrected chi connectivity index (χ1v) is 11.4. The van der Waals surface area contributed by atoms with E-state index in [1.807, 2.05) is 47.0 Å². The van der Waals surface area contributed by atoms with E-state index in [0.717, 1.165) is 61.3 Å². The zero-order chi connectivity index (χ0) is 20.8. The van der Waals surface area contributed by atoms with Crippen LogP contribution in [0.2, 0.25) is 0 Å². The van der Waals surface area contributed by atoms with Gasteiger partial charge in [-0.2, -0.15) is 0 Å². The number of quaternary nitrogens is 1. The molecule has 0 aliphatic carbocycles. The molecule has 6 nitrogen and oxygen atoms in total. The van der Waals surface area contributed by atoms with Gasteiger partial charge in [0.2, 0.25) is 0 Å². The van der Waals surface area contributed by atoms with Crippen LogP contribution < -0.4 is 15.2 Å². The lowest BCUT2D eigenvalue weighted by atomic mass is 10.2. The number of aromatic nitrogens is 2. The third-order valence-corrected chi connectivity index (χ3v) is 6.51. The molecule has 1 N–H and O–H groups in total. The second kappa shape index (κ2) is 10.1. The van der Waals surface area contributed by atoms with Gasteiger partial charge in [-0.15, -0.1) is 0 Å². The highest BCUT2D eigenvalue weighted by atomic mass is 32.2. The molecule has 7 heteroatoms. The Bertz CT molecular complexity index is 1050. The molecule has 2 aromatic carbocycles. The van der Waals surface area contributed by atoms with Crippen LogP contribution in [0.25, 0.3) is 10.9 Å². The minimum Gasteiger partial charge on any atom is -0.496 e. The molecular formula is C23H28N3O3S+. The number of methoxy groups -OCH3 is 1. The van der Waals surface area contributed by atoms with Gasteiger partial charge in [-0.3, -0.25) is 9.36 Å². The van der Waals surface area contributed by atoms with Crippen molar-refractivity contribution in [2.75, 3.05) is 40.0 Å². The van der Waals surface area contributed by atoms with Crippen molar-refractivity contribution in [3.05, 3.63) is 64.4 Å². The maximum Gasteiger partial charge on any atom is 0.262 e. The lowest BCUT2D eigenvalue weighted by Crippen LogP contribution is -3.14. The van der Waals surface area contributed by atoms with Crippen molar-refractivity contribution in [2.24, 2.45) is 0 Å². The SMILES string of the molecule is COc1ccccc1CSc1nc2ccccc2c(=O)n1CCC[NH+]1CCOCC1. The van der Waals surface area contributed by atoms with Gasteiger partial charge < -0.3 is 14.4 Å². The Morgan fingerprint density at radius 3 is 2.73 bits per heavy atom. The number of hydrogen-bond acceptors (Lipinski definition) is 5. The average Bonchev–Trinajstić information content (AvgIpc) is 2.80. The van der Waals surface area contributed by atoms with E-state index in [2.05, 4.69) is 6.07 Å². The summed E-state index contributed by atoms with van der Waals surface area (Å²) in [4.78, 5) is 19.6. The normalized spacial score (nSPS) is 14.8. The number of para-hydroxylation sites is 2. The second-order valence-electron chi connectivity index (χ2n) is 7.43. The molecule has 0 unspecified atom stereocenters. The van der Waals surface area contributed by atoms with E-state index in [1.165, 1.54) is 0 Å². The molecule has 1 aliphatic rings. The van der Waals surface area contributed by atoms with Gasteiger partial charge in [-0.1, -0.05) is 42.1 Å². The molecule has 3 aromatic rings. The van der Waals surface area contributed by atoms with Crippen LogP contribution in [0.3, 0.4) is 0 Å². The molecule has 0 bridgehead atoms. The molecule has 1 aromatic heterocycles. The summed E-state index contributed by atoms with van der Waals surface area (Å²) in [6.07, 6.45) is 0.942. The Balaban J connectivity index is 1.56. The Kier molecular flexibility index (Phi) is 7.04. The number of thioether (sulfide) groups is 1. The molecule has 0 amide bonds. The fourth-order valence-electron chi connectivity index (χ4n) is 3.82. The smallest absolute Gasteiger partial charge is 0.262 e. The molecule has 158 valence electrons. The average molecular weight is 427 g/mol. The first-order chi connectivity index (χ1) is 14.8. The number of nitrogens with one attached hydrogen (secondary N) is 1. The molecule has 4 rings (SSSR count). The number of nitrogens with zero attached hydrogens (tertiary/aromatic N) is 2. The van der Waals surface area contributed by atoms with E-state index < -0.39 is 0 Å². The van der Waals surface area contributed by atoms with Gasteiger partial charge in [0.15, 0.2) is 5.16 Å². The van der Waals surface area contributed by atoms with Crippen LogP contribution in [0.15, 0.2) is 58.5 Å². The summed E-state index contributed by atoms with van der Waals surface area (Å²) in [5.74, 6) is 1.55. The van der Waals surface area contributed by atoms with Gasteiger partial charge in [-0.05, 0) is 18.2 Å². The summed E-state index contributed by atoms with van der Waals surface area (Å²) in [5.41, 5.74) is 1.89. The van der Waals surface area contributed by atoms with Crippen molar-refractivity contribution >= 4 is 22.7 Å². The van der Waals surface area contributed by atoms with Gasteiger partial charge >= 0.3 is 0 Å². The number of benzene rings is 2. The van der Waals surface area contributed by atoms with Crippen molar-refractivity contribution in [2.45, 2.75) is 23.9 Å². The summed E-state index contributed by atoms with van der Waals surface area (Å²) >= 11 is 1.59. The number of fused-ring (bicyclic) bond motifs is 1. The van der Waals surface area contributed by atoms with Gasteiger partial charge in [0, 0.05) is 24.3 Å². The number of rotatable bonds is 8. The molecule has 30 heavy (non-hydrogen) atoms. The largest absolute Gasteiger partial charge is 0.496 e. The van der Waals surface area contributed by atoms with Crippen molar-refractivity contribution in [3.63, 3.8) is 0 Å². The van der Waals surface area contributed by atoms with Crippen molar-refractivity contribution in [1.29, 1.82) is 0 Å². The van der Waals surface area contributed by atoms with E-state index >= 15 is 0 Å². The second-order valence-corrected chi connectivity index (χ2v) is 8.38. The zero-order valence-electron chi connectivity index (χ0n) is 17.3. The van der Waals surface area contributed by atoms with Crippen LogP contribution in [0.4, 0.5) is 0 Å². The van der Waals surface area contributed by atoms with E-state index in [9.17, 15) is 4.79 Å². The standard InChI is InChI=1S/C23H27N3O3S/c1-28-21-10-5-2-7-18(21)17-30-23-24-20-9-4-3-8-19(20)22(27)26(23)12-6-11-25-13-15-29-16-14-25/h2-5,7-10H,6,11-17H2,1H3/p+1. The third kappa shape index (κ3) is 4.86. The fourth-order valence-corrected chi connectivity index (χ4v) is 4.83. The highest BCUT2D eigenvalue weighted by Crippen LogP contribution is 2.27. The maximum atomic E-state index is 13.2. The van der Waals surface area contributed by atoms with Crippen LogP contribution in [0.1, 0.15) is 12.0 Å². The Morgan fingerprint density at radius 2 is 1.90 bits per heavy atom. The predicted molar refractivity (Wildman–Crippen MR) is 120 cm³/mol. The molecule has 1 aliphatic heterocycles. The maximum absolute atomic E-state index is 13.2. The fraction of sp³-hybridized carbons (Fsp3) is 0.391. The summed E-state index contributed by atoms with van der Waals surface area (Å²) in [6, 6.07) is 15.6. The van der Waals surface area contributed by atoms with E-state index in [4.69, 9.17) is 14.5 Å². The summed E-state index contributed by atoms with van der Waals surface area (Å²) in [6.45, 7) is 5.45. The number of ether oxygens (including phenoxy) is 2. The van der Waals surface area contributed by atoms with Crippen molar-refractivity contribution < 1.29 is 14.4 Å². The topological polar surface area (TPSA) is 57.8 Å². The van der Waals surface area contributed by atoms with Gasteiger partial charge in [0.1, 0.15) is 18.8 Å². The van der Waals surface area contributed by atoms with Gasteiger partial charge in [-0.25, -0.2) is 4.98 Å². The predicted octanol–water partition coefficient (Wildman–Crippen LogP) is 2.00. The lowest BCUT2D eigenvalue weighted by Gasteiger charge is -2.24. The van der Waals surface area contributed by atoms with Crippen LogP contribution in [0.5, 0.6) is 5.75 Å². The minimum absolute atomic E-state index is 0.0418. The number of morpholine rings is 1. The van der Waals surface area contributed by atoms with Crippen molar-refractivity contribution in [1.82, 2.24) is 9.55 Å². The Hall–Kier alpha value is -2.35. The Labute approximate surface area is 180 Å². The van der Waals surface area contributed by atoms with E-state index in [1.54, 1.807) is 23.8 Å². The van der Waals surface area contributed by atoms with E-state index in [0.29, 0.717) is 17.7 Å². The van der Waals surface area contributed by atoms with Crippen LogP contribution in [-0.2, 0) is 17.0 Å². The van der Waals surface area contributed by atoms with Gasteiger partial charge in [0.05, 0.1) is 37.8 Å². The molecule has 0 saturated carbocycles. The van der Waals surface area contributed by atoms with Gasteiger partial charge in [0.25, 0.3) is 5.56 Å². The summed E-state index contributed by atoms with van der Waals surface area (Å²) < 4.78 is 12.8. The third-order valence-electron chi connectivity index (χ3n) is 5.49. The molecule has 0 atom stereocenters. The highest BCUT2D eigenvalue weighted by molar-refractivity contribution is 7.98. The molecule has 0 spiro atoms. The molecule has 1 fully saturated rings. The summed E-state index contributed by atoms with van der Waals surface area (Å²) in [5, 5.41) is 1.44. The Morgan fingerprint density at radius 1 is 1.13 bits per heavy atom. The van der Waals surface area contributed by atoms with Crippen molar-refractivity contribution in [3.8, 4) is 5.75 Å². The molecule has 2 heterocycles. The summed E-state index contributed by atoms with van der Waals surface area (Å²) in [7, 11) is 1.68.